The van der Waals surface area contributed by atoms with Crippen LogP contribution in [-0.2, 0) is 0 Å². The van der Waals surface area contributed by atoms with Gasteiger partial charge in [-0.15, -0.1) is 0 Å². The second-order valence-electron chi connectivity index (χ2n) is 5.02. The van der Waals surface area contributed by atoms with Crippen LogP contribution < -0.4 is 10.5 Å². The lowest BCUT2D eigenvalue weighted by Crippen LogP contribution is -2.26. The molecule has 7 heteroatoms. The Balaban J connectivity index is 2.13. The van der Waals surface area contributed by atoms with E-state index >= 15 is 0 Å². The van der Waals surface area contributed by atoms with Crippen molar-refractivity contribution >= 4 is 28.9 Å². The fraction of sp³-hybridized carbons (Fsp3) is 0.615. The normalized spacial score (nSPS) is 23.1. The number of rotatable bonds is 3. The van der Waals surface area contributed by atoms with Crippen LogP contribution in [0.1, 0.15) is 31.7 Å². The molecule has 0 bridgehead atoms. The molecule has 20 heavy (non-hydrogen) atoms. The smallest absolute Gasteiger partial charge is 0.245 e. The number of imidazole rings is 1. The van der Waals surface area contributed by atoms with E-state index in [4.69, 9.17) is 10.5 Å². The van der Waals surface area contributed by atoms with Crippen molar-refractivity contribution in [3.63, 3.8) is 0 Å². The Morgan fingerprint density at radius 1 is 1.35 bits per heavy atom. The number of hydrogen-bond acceptors (Lipinski definition) is 6. The molecule has 0 aromatic carbocycles. The lowest BCUT2D eigenvalue weighted by molar-refractivity contribution is 0.373. The highest BCUT2D eigenvalue weighted by molar-refractivity contribution is 7.99. The van der Waals surface area contributed by atoms with Crippen LogP contribution in [0, 0.1) is 0 Å². The molecule has 0 amide bonds. The minimum Gasteiger partial charge on any atom is -0.479 e. The third-order valence-electron chi connectivity index (χ3n) is 3.97. The van der Waals surface area contributed by atoms with Crippen LogP contribution in [0.25, 0.3) is 11.2 Å². The predicted molar refractivity (Wildman–Crippen MR) is 81.1 cm³/mol. The van der Waals surface area contributed by atoms with Gasteiger partial charge in [-0.2, -0.15) is 16.7 Å². The summed E-state index contributed by atoms with van der Waals surface area (Å²) in [5.41, 5.74) is 7.57. The molecular weight excluding hydrogens is 274 g/mol. The Kier molecular flexibility index (Phi) is 3.69. The number of fused-ring (bicyclic) bond motifs is 1. The molecular formula is C13H19N5OS. The van der Waals surface area contributed by atoms with Gasteiger partial charge in [0.25, 0.3) is 0 Å². The topological polar surface area (TPSA) is 78.8 Å². The van der Waals surface area contributed by atoms with Crippen molar-refractivity contribution in [3.05, 3.63) is 6.33 Å². The maximum atomic E-state index is 6.14. The fourth-order valence-corrected chi connectivity index (χ4v) is 4.00. The number of thioether (sulfide) groups is 1. The minimum absolute atomic E-state index is 0.350. The third-order valence-corrected chi connectivity index (χ3v) is 5.12. The van der Waals surface area contributed by atoms with Gasteiger partial charge in [0.1, 0.15) is 6.33 Å². The van der Waals surface area contributed by atoms with Crippen molar-refractivity contribution in [2.24, 2.45) is 0 Å². The van der Waals surface area contributed by atoms with E-state index in [2.05, 4.69) is 25.8 Å². The molecule has 2 heterocycles. The lowest BCUT2D eigenvalue weighted by atomic mass is 9.94. The summed E-state index contributed by atoms with van der Waals surface area (Å²) in [7, 11) is 1.59. The van der Waals surface area contributed by atoms with Crippen LogP contribution in [0.4, 0.5) is 5.95 Å². The van der Waals surface area contributed by atoms with Gasteiger partial charge in [0, 0.05) is 5.25 Å². The lowest BCUT2D eigenvalue weighted by Gasteiger charge is -2.31. The molecule has 2 N–H and O–H groups in total. The molecule has 0 saturated heterocycles. The number of nitrogens with zero attached hydrogens (tertiary/aromatic N) is 4. The maximum Gasteiger partial charge on any atom is 0.245 e. The van der Waals surface area contributed by atoms with Gasteiger partial charge in [-0.1, -0.05) is 12.8 Å². The SMILES string of the molecule is COc1ncnc2c1nc(N)n2C1CCCCC1SC. The van der Waals surface area contributed by atoms with Crippen molar-refractivity contribution in [2.75, 3.05) is 19.1 Å². The van der Waals surface area contributed by atoms with Crippen molar-refractivity contribution in [2.45, 2.75) is 37.0 Å². The Labute approximate surface area is 122 Å². The van der Waals surface area contributed by atoms with Crippen LogP contribution in [0.3, 0.4) is 0 Å². The molecule has 2 aromatic rings. The van der Waals surface area contributed by atoms with Crippen molar-refractivity contribution in [1.82, 2.24) is 19.5 Å². The summed E-state index contributed by atoms with van der Waals surface area (Å²) in [6.07, 6.45) is 8.51. The molecule has 1 aliphatic carbocycles. The quantitative estimate of drug-likeness (QED) is 0.935. The van der Waals surface area contributed by atoms with Crippen molar-refractivity contribution in [1.29, 1.82) is 0 Å². The first-order valence-electron chi connectivity index (χ1n) is 6.81. The largest absolute Gasteiger partial charge is 0.479 e. The summed E-state index contributed by atoms with van der Waals surface area (Å²) < 4.78 is 7.32. The summed E-state index contributed by atoms with van der Waals surface area (Å²) >= 11 is 1.90. The molecule has 6 nitrogen and oxygen atoms in total. The summed E-state index contributed by atoms with van der Waals surface area (Å²) in [5, 5.41) is 0.560. The van der Waals surface area contributed by atoms with Crippen LogP contribution in [0.2, 0.25) is 0 Å². The van der Waals surface area contributed by atoms with Crippen molar-refractivity contribution < 1.29 is 4.74 Å². The zero-order chi connectivity index (χ0) is 14.1. The zero-order valence-corrected chi connectivity index (χ0v) is 12.6. The average Bonchev–Trinajstić information content (AvgIpc) is 2.82. The molecule has 1 aliphatic rings. The minimum atomic E-state index is 0.350. The molecule has 0 radical (unpaired) electrons. The van der Waals surface area contributed by atoms with Gasteiger partial charge >= 0.3 is 0 Å². The monoisotopic (exact) mass is 293 g/mol. The number of nitrogen functional groups attached to an aromatic ring is 1. The molecule has 0 spiro atoms. The molecule has 2 aromatic heterocycles. The van der Waals surface area contributed by atoms with Crippen LogP contribution in [0.5, 0.6) is 5.88 Å². The second kappa shape index (κ2) is 5.47. The first-order valence-corrected chi connectivity index (χ1v) is 8.10. The van der Waals surface area contributed by atoms with E-state index in [-0.39, 0.29) is 0 Å². The van der Waals surface area contributed by atoms with Crippen LogP contribution >= 0.6 is 11.8 Å². The van der Waals surface area contributed by atoms with Crippen molar-refractivity contribution in [3.8, 4) is 5.88 Å². The van der Waals surface area contributed by atoms with Gasteiger partial charge in [-0.3, -0.25) is 4.57 Å². The first kappa shape index (κ1) is 13.5. The summed E-state index contributed by atoms with van der Waals surface area (Å²) in [6.45, 7) is 0. The second-order valence-corrected chi connectivity index (χ2v) is 6.10. The van der Waals surface area contributed by atoms with E-state index in [0.717, 1.165) is 12.1 Å². The van der Waals surface area contributed by atoms with Gasteiger partial charge in [-0.05, 0) is 19.1 Å². The van der Waals surface area contributed by atoms with Gasteiger partial charge < -0.3 is 10.5 Å². The summed E-state index contributed by atoms with van der Waals surface area (Å²) in [5.74, 6) is 0.988. The number of methoxy groups -OCH3 is 1. The van der Waals surface area contributed by atoms with E-state index in [1.807, 2.05) is 11.8 Å². The predicted octanol–water partition coefficient (Wildman–Crippen LogP) is 2.26. The molecule has 1 saturated carbocycles. The highest BCUT2D eigenvalue weighted by Gasteiger charge is 2.29. The molecule has 2 unspecified atom stereocenters. The van der Waals surface area contributed by atoms with Gasteiger partial charge in [0.15, 0.2) is 11.2 Å². The first-order chi connectivity index (χ1) is 9.76. The van der Waals surface area contributed by atoms with E-state index < -0.39 is 0 Å². The average molecular weight is 293 g/mol. The standard InChI is InChI=1S/C13H19N5OS/c1-19-12-10-11(15-7-16-12)18(13(14)17-10)8-5-3-4-6-9(8)20-2/h7-9H,3-6H2,1-2H3,(H2,14,17). The Bertz CT molecular complexity index is 614. The van der Waals surface area contributed by atoms with Crippen LogP contribution in [0.15, 0.2) is 6.33 Å². The Morgan fingerprint density at radius 3 is 2.90 bits per heavy atom. The van der Waals surface area contributed by atoms with E-state index in [1.165, 1.54) is 25.6 Å². The molecule has 2 atom stereocenters. The molecule has 1 fully saturated rings. The zero-order valence-electron chi connectivity index (χ0n) is 11.7. The number of aromatic nitrogens is 4. The number of anilines is 1. The highest BCUT2D eigenvalue weighted by Crippen LogP contribution is 2.39. The molecule has 108 valence electrons. The number of hydrogen-bond donors (Lipinski definition) is 1. The Hall–Kier alpha value is -1.50. The summed E-state index contributed by atoms with van der Waals surface area (Å²) in [6, 6.07) is 0.350. The molecule has 0 aliphatic heterocycles. The van der Waals surface area contributed by atoms with E-state index in [0.29, 0.717) is 28.6 Å². The van der Waals surface area contributed by atoms with E-state index in [9.17, 15) is 0 Å². The summed E-state index contributed by atoms with van der Waals surface area (Å²) in [4.78, 5) is 12.9. The van der Waals surface area contributed by atoms with Gasteiger partial charge in [0.2, 0.25) is 11.8 Å². The number of nitrogens with two attached hydrogens (primary N) is 1. The highest BCUT2D eigenvalue weighted by atomic mass is 32.2. The molecule has 3 rings (SSSR count). The Morgan fingerprint density at radius 2 is 2.15 bits per heavy atom. The maximum absolute atomic E-state index is 6.14. The van der Waals surface area contributed by atoms with Gasteiger partial charge in [-0.25, -0.2) is 9.97 Å². The number of ether oxygens (including phenoxy) is 1. The van der Waals surface area contributed by atoms with Crippen LogP contribution in [-0.4, -0.2) is 38.1 Å². The fourth-order valence-electron chi connectivity index (χ4n) is 3.03. The van der Waals surface area contributed by atoms with E-state index in [1.54, 1.807) is 7.11 Å². The van der Waals surface area contributed by atoms with Gasteiger partial charge in [0.05, 0.1) is 13.2 Å². The third kappa shape index (κ3) is 2.09.